The van der Waals surface area contributed by atoms with Gasteiger partial charge in [-0.3, -0.25) is 9.59 Å². The molecule has 0 aromatic carbocycles. The van der Waals surface area contributed by atoms with Gasteiger partial charge in [-0.05, 0) is 104 Å². The SMILES string of the molecule is CCCCNC(=O)[C@]1(C)CC[C@]2(C)CC[C@]3(C)C(=CC[C@@H]4[C@@]5(C)CCC(=O)C(C)(C)[C@@H]5CC[C@]43C)[C@@H]2C1. The summed E-state index contributed by atoms with van der Waals surface area (Å²) in [4.78, 5) is 26.4. The lowest BCUT2D eigenvalue weighted by molar-refractivity contribution is -0.184. The molecule has 1 N–H and O–H groups in total. The third-order valence-corrected chi connectivity index (χ3v) is 13.9. The second-order valence-electron chi connectivity index (χ2n) is 16.0. The number of rotatable bonds is 4. The van der Waals surface area contributed by atoms with Crippen molar-refractivity contribution in [1.29, 1.82) is 0 Å². The number of amides is 1. The minimum atomic E-state index is -0.258. The monoisotopic (exact) mass is 509 g/mol. The molecule has 37 heavy (non-hydrogen) atoms. The summed E-state index contributed by atoms with van der Waals surface area (Å²) in [5.74, 6) is 2.42. The average molecular weight is 510 g/mol. The minimum Gasteiger partial charge on any atom is -0.356 e. The van der Waals surface area contributed by atoms with E-state index < -0.39 is 0 Å². The molecule has 0 heterocycles. The highest BCUT2D eigenvalue weighted by Crippen LogP contribution is 2.75. The van der Waals surface area contributed by atoms with Gasteiger partial charge >= 0.3 is 0 Å². The van der Waals surface area contributed by atoms with Crippen molar-refractivity contribution >= 4 is 11.7 Å². The Balaban J connectivity index is 1.49. The van der Waals surface area contributed by atoms with Crippen molar-refractivity contribution < 1.29 is 9.59 Å². The minimum absolute atomic E-state index is 0.191. The van der Waals surface area contributed by atoms with Crippen molar-refractivity contribution in [2.45, 2.75) is 132 Å². The largest absolute Gasteiger partial charge is 0.356 e. The van der Waals surface area contributed by atoms with E-state index in [0.29, 0.717) is 29.0 Å². The van der Waals surface area contributed by atoms with Crippen LogP contribution < -0.4 is 5.32 Å². The quantitative estimate of drug-likeness (QED) is 0.306. The molecular formula is C34H55NO2. The van der Waals surface area contributed by atoms with Crippen LogP contribution in [-0.4, -0.2) is 18.2 Å². The van der Waals surface area contributed by atoms with Crippen LogP contribution in [-0.2, 0) is 9.59 Å². The summed E-state index contributed by atoms with van der Waals surface area (Å²) in [5.41, 5.74) is 2.26. The molecule has 5 rings (SSSR count). The summed E-state index contributed by atoms with van der Waals surface area (Å²) in [6, 6.07) is 0. The van der Waals surface area contributed by atoms with Crippen LogP contribution in [0.2, 0.25) is 0 Å². The van der Waals surface area contributed by atoms with E-state index in [0.717, 1.165) is 51.5 Å². The number of nitrogens with one attached hydrogen (secondary N) is 1. The summed E-state index contributed by atoms with van der Waals surface area (Å²) in [7, 11) is 0. The molecule has 0 bridgehead atoms. The van der Waals surface area contributed by atoms with Crippen LogP contribution in [0.3, 0.4) is 0 Å². The molecule has 0 aliphatic heterocycles. The Bertz CT molecular complexity index is 996. The highest BCUT2D eigenvalue weighted by atomic mass is 16.2. The summed E-state index contributed by atoms with van der Waals surface area (Å²) >= 11 is 0. The van der Waals surface area contributed by atoms with Gasteiger partial charge in [0.2, 0.25) is 5.91 Å². The van der Waals surface area contributed by atoms with Gasteiger partial charge in [0, 0.05) is 23.8 Å². The molecule has 0 unspecified atom stereocenters. The maximum Gasteiger partial charge on any atom is 0.225 e. The van der Waals surface area contributed by atoms with Crippen molar-refractivity contribution in [2.24, 2.45) is 50.2 Å². The lowest BCUT2D eigenvalue weighted by atomic mass is 9.33. The zero-order chi connectivity index (χ0) is 27.1. The highest BCUT2D eigenvalue weighted by Gasteiger charge is 2.68. The lowest BCUT2D eigenvalue weighted by Crippen LogP contribution is -2.64. The van der Waals surface area contributed by atoms with Crippen LogP contribution in [0.1, 0.15) is 132 Å². The normalized spacial score (nSPS) is 48.6. The molecule has 1 amide bonds. The third kappa shape index (κ3) is 3.71. The first-order chi connectivity index (χ1) is 17.2. The number of carbonyl (C=O) groups is 2. The van der Waals surface area contributed by atoms with E-state index in [1.54, 1.807) is 5.57 Å². The van der Waals surface area contributed by atoms with Gasteiger partial charge in [-0.2, -0.15) is 0 Å². The Morgan fingerprint density at radius 3 is 2.35 bits per heavy atom. The van der Waals surface area contributed by atoms with Crippen LogP contribution in [0.4, 0.5) is 0 Å². The van der Waals surface area contributed by atoms with Crippen molar-refractivity contribution in [1.82, 2.24) is 5.32 Å². The summed E-state index contributed by atoms with van der Waals surface area (Å²) in [5, 5.41) is 3.30. The zero-order valence-corrected chi connectivity index (χ0v) is 25.3. The fourth-order valence-electron chi connectivity index (χ4n) is 11.0. The van der Waals surface area contributed by atoms with Gasteiger partial charge in [0.15, 0.2) is 0 Å². The van der Waals surface area contributed by atoms with Gasteiger partial charge < -0.3 is 5.32 Å². The van der Waals surface area contributed by atoms with Gasteiger partial charge in [-0.15, -0.1) is 0 Å². The topological polar surface area (TPSA) is 46.2 Å². The predicted molar refractivity (Wildman–Crippen MR) is 152 cm³/mol. The molecule has 0 aromatic heterocycles. The van der Waals surface area contributed by atoms with Gasteiger partial charge in [-0.1, -0.05) is 73.5 Å². The van der Waals surface area contributed by atoms with E-state index in [4.69, 9.17) is 0 Å². The molecule has 5 aliphatic carbocycles. The summed E-state index contributed by atoms with van der Waals surface area (Å²) in [6.07, 6.45) is 16.0. The fourth-order valence-corrected chi connectivity index (χ4v) is 11.0. The van der Waals surface area contributed by atoms with E-state index >= 15 is 0 Å². The van der Waals surface area contributed by atoms with Crippen molar-refractivity contribution in [3.63, 3.8) is 0 Å². The Morgan fingerprint density at radius 1 is 0.946 bits per heavy atom. The zero-order valence-electron chi connectivity index (χ0n) is 25.3. The Morgan fingerprint density at radius 2 is 1.65 bits per heavy atom. The Kier molecular flexibility index (Phi) is 6.45. The van der Waals surface area contributed by atoms with E-state index in [1.165, 1.54) is 32.1 Å². The van der Waals surface area contributed by atoms with Gasteiger partial charge in [0.25, 0.3) is 0 Å². The fraction of sp³-hybridized carbons (Fsp3) is 0.882. The van der Waals surface area contributed by atoms with E-state index in [1.807, 2.05) is 0 Å². The standard InChI is InChI=1S/C34H55NO2/c1-9-10-21-35-28(37)31(5)18-17-30(4)19-20-33(7)23(24(30)22-31)11-12-26-32(6)15-14-27(36)29(2,3)25(32)13-16-34(26,33)8/h11,24-26H,9-10,12-22H2,1-8H3,(H,35,37)/t24-,25-,26+,30+,31+,32-,33+,34+/m0/s1. The Hall–Kier alpha value is -1.12. The Labute approximate surface area is 227 Å². The summed E-state index contributed by atoms with van der Waals surface area (Å²) in [6.45, 7) is 20.1. The lowest BCUT2D eigenvalue weighted by Gasteiger charge is -2.70. The molecular weight excluding hydrogens is 454 g/mol. The maximum absolute atomic E-state index is 13.4. The molecule has 0 aromatic rings. The number of Topliss-reactive ketones (excluding diaryl/α,β-unsaturated/α-hetero) is 1. The molecule has 4 fully saturated rings. The van der Waals surface area contributed by atoms with Crippen LogP contribution in [0.25, 0.3) is 0 Å². The van der Waals surface area contributed by atoms with E-state index in [-0.39, 0.29) is 33.0 Å². The first-order valence-electron chi connectivity index (χ1n) is 15.7. The molecule has 8 atom stereocenters. The maximum atomic E-state index is 13.4. The van der Waals surface area contributed by atoms with Crippen molar-refractivity contribution in [3.8, 4) is 0 Å². The molecule has 0 radical (unpaired) electrons. The average Bonchev–Trinajstić information content (AvgIpc) is 2.83. The number of fused-ring (bicyclic) bond motifs is 7. The number of hydrogen-bond acceptors (Lipinski definition) is 2. The molecule has 0 saturated heterocycles. The third-order valence-electron chi connectivity index (χ3n) is 13.9. The highest BCUT2D eigenvalue weighted by molar-refractivity contribution is 5.85. The van der Waals surface area contributed by atoms with Gasteiger partial charge in [0.05, 0.1) is 0 Å². The molecule has 5 aliphatic rings. The van der Waals surface area contributed by atoms with E-state index in [9.17, 15) is 9.59 Å². The smallest absolute Gasteiger partial charge is 0.225 e. The van der Waals surface area contributed by atoms with Crippen molar-refractivity contribution in [2.75, 3.05) is 6.54 Å². The number of hydrogen-bond donors (Lipinski definition) is 1. The first kappa shape index (κ1) is 27.4. The second kappa shape index (κ2) is 8.69. The predicted octanol–water partition coefficient (Wildman–Crippen LogP) is 8.27. The molecule has 0 spiro atoms. The van der Waals surface area contributed by atoms with Gasteiger partial charge in [-0.25, -0.2) is 0 Å². The summed E-state index contributed by atoms with van der Waals surface area (Å²) < 4.78 is 0. The molecule has 3 nitrogen and oxygen atoms in total. The van der Waals surface area contributed by atoms with Crippen LogP contribution in [0, 0.1) is 50.2 Å². The number of carbonyl (C=O) groups excluding carboxylic acids is 2. The molecule has 3 heteroatoms. The first-order valence-corrected chi connectivity index (χ1v) is 15.7. The van der Waals surface area contributed by atoms with Gasteiger partial charge in [0.1, 0.15) is 5.78 Å². The van der Waals surface area contributed by atoms with Crippen molar-refractivity contribution in [3.05, 3.63) is 11.6 Å². The van der Waals surface area contributed by atoms with Crippen LogP contribution in [0.5, 0.6) is 0 Å². The molecule has 208 valence electrons. The molecule has 4 saturated carbocycles. The number of unbranched alkanes of at least 4 members (excludes halogenated alkanes) is 1. The second-order valence-corrected chi connectivity index (χ2v) is 16.0. The number of allylic oxidation sites excluding steroid dienone is 2. The van der Waals surface area contributed by atoms with Crippen LogP contribution in [0.15, 0.2) is 11.6 Å². The number of ketones is 1. The van der Waals surface area contributed by atoms with E-state index in [2.05, 4.69) is 66.8 Å². The van der Waals surface area contributed by atoms with Crippen LogP contribution >= 0.6 is 0 Å².